The van der Waals surface area contributed by atoms with Crippen LogP contribution in [0.25, 0.3) is 17.1 Å². The molecule has 0 aliphatic heterocycles. The molecule has 34 heavy (non-hydrogen) atoms. The summed E-state index contributed by atoms with van der Waals surface area (Å²) in [6.07, 6.45) is 0. The topological polar surface area (TPSA) is 99.2 Å². The first-order chi connectivity index (χ1) is 16.5. The number of aromatic nitrogens is 3. The zero-order valence-electron chi connectivity index (χ0n) is 18.3. The number of aryl methyl sites for hydroxylation is 1. The predicted molar refractivity (Wildman–Crippen MR) is 134 cm³/mol. The Labute approximate surface area is 209 Å². The van der Waals surface area contributed by atoms with E-state index >= 15 is 0 Å². The number of nitrogens with one attached hydrogen (secondary N) is 1. The van der Waals surface area contributed by atoms with E-state index in [1.807, 2.05) is 61.5 Å². The van der Waals surface area contributed by atoms with Crippen molar-refractivity contribution in [2.75, 3.05) is 17.7 Å². The van der Waals surface area contributed by atoms with E-state index in [4.69, 9.17) is 21.4 Å². The van der Waals surface area contributed by atoms with Crippen LogP contribution in [0, 0.1) is 10.9 Å². The average molecular weight is 513 g/mol. The van der Waals surface area contributed by atoms with Crippen molar-refractivity contribution in [1.82, 2.24) is 14.8 Å². The minimum absolute atomic E-state index is 0.00485. The second-order valence-electron chi connectivity index (χ2n) is 7.02. The molecule has 0 atom stereocenters. The highest BCUT2D eigenvalue weighted by Gasteiger charge is 2.23. The Morgan fingerprint density at radius 1 is 1.18 bits per heavy atom. The standard InChI is InChI=1S/C23H20N4O4S3/c1-3-30-21(29)18-19(27(23(32)34-18)16-10-5-4-6-11-16)24-17(28)13-33-22-26-25-20(31-22)15-9-7-8-14(2)12-15/h4-12H,3,13H2,1-2H3,(H,24,28). The van der Waals surface area contributed by atoms with Gasteiger partial charge in [-0.3, -0.25) is 9.36 Å². The van der Waals surface area contributed by atoms with Crippen LogP contribution in [0.2, 0.25) is 0 Å². The number of rotatable bonds is 8. The van der Waals surface area contributed by atoms with Crippen molar-refractivity contribution in [3.8, 4) is 17.1 Å². The Balaban J connectivity index is 1.52. The molecule has 11 heteroatoms. The maximum absolute atomic E-state index is 12.8. The third-order valence-corrected chi connectivity index (χ3v) is 6.71. The van der Waals surface area contributed by atoms with Gasteiger partial charge in [-0.15, -0.1) is 10.2 Å². The highest BCUT2D eigenvalue weighted by Crippen LogP contribution is 2.30. The van der Waals surface area contributed by atoms with Gasteiger partial charge < -0.3 is 14.5 Å². The lowest BCUT2D eigenvalue weighted by molar-refractivity contribution is -0.113. The summed E-state index contributed by atoms with van der Waals surface area (Å²) in [6, 6.07) is 17.0. The molecule has 0 bridgehead atoms. The molecule has 0 saturated carbocycles. The van der Waals surface area contributed by atoms with Crippen LogP contribution in [0.15, 0.2) is 64.2 Å². The number of ether oxygens (including phenoxy) is 1. The van der Waals surface area contributed by atoms with Crippen LogP contribution >= 0.6 is 35.3 Å². The van der Waals surface area contributed by atoms with Crippen LogP contribution in [0.1, 0.15) is 22.2 Å². The Morgan fingerprint density at radius 3 is 2.71 bits per heavy atom. The van der Waals surface area contributed by atoms with E-state index in [0.29, 0.717) is 9.85 Å². The fourth-order valence-electron chi connectivity index (χ4n) is 3.09. The number of nitrogens with zero attached hydrogens (tertiary/aromatic N) is 3. The molecule has 0 saturated heterocycles. The molecule has 2 heterocycles. The van der Waals surface area contributed by atoms with Crippen molar-refractivity contribution in [3.05, 3.63) is 69.0 Å². The summed E-state index contributed by atoms with van der Waals surface area (Å²) in [7, 11) is 0. The largest absolute Gasteiger partial charge is 0.462 e. The van der Waals surface area contributed by atoms with Gasteiger partial charge in [-0.25, -0.2) is 4.79 Å². The first-order valence-electron chi connectivity index (χ1n) is 10.3. The number of carbonyl (C=O) groups is 2. The Morgan fingerprint density at radius 2 is 1.97 bits per heavy atom. The first kappa shape index (κ1) is 23.9. The quantitative estimate of drug-likeness (QED) is 0.187. The zero-order chi connectivity index (χ0) is 24.1. The fraction of sp³-hybridized carbons (Fsp3) is 0.174. The fourth-order valence-corrected chi connectivity index (χ4v) is 4.95. The van der Waals surface area contributed by atoms with Gasteiger partial charge in [0.15, 0.2) is 8.83 Å². The second-order valence-corrected chi connectivity index (χ2v) is 9.59. The van der Waals surface area contributed by atoms with E-state index in [0.717, 1.165) is 39.9 Å². The van der Waals surface area contributed by atoms with Gasteiger partial charge in [0.05, 0.1) is 12.4 Å². The Kier molecular flexibility index (Phi) is 7.56. The molecule has 0 aliphatic carbocycles. The van der Waals surface area contributed by atoms with Crippen molar-refractivity contribution in [2.24, 2.45) is 0 Å². The summed E-state index contributed by atoms with van der Waals surface area (Å²) >= 11 is 7.67. The molecular weight excluding hydrogens is 492 g/mol. The number of thiazole rings is 1. The maximum Gasteiger partial charge on any atom is 0.352 e. The number of benzene rings is 2. The normalized spacial score (nSPS) is 10.8. The van der Waals surface area contributed by atoms with Crippen molar-refractivity contribution < 1.29 is 18.7 Å². The second kappa shape index (κ2) is 10.8. The van der Waals surface area contributed by atoms with E-state index in [2.05, 4.69) is 15.5 Å². The predicted octanol–water partition coefficient (Wildman–Crippen LogP) is 5.53. The third kappa shape index (κ3) is 5.44. The van der Waals surface area contributed by atoms with E-state index in [1.165, 1.54) is 0 Å². The summed E-state index contributed by atoms with van der Waals surface area (Å²) < 4.78 is 12.9. The molecule has 4 aromatic rings. The lowest BCUT2D eigenvalue weighted by atomic mass is 10.1. The Hall–Kier alpha value is -3.28. The number of carbonyl (C=O) groups excluding carboxylic acids is 2. The number of hydrogen-bond donors (Lipinski definition) is 1. The number of thioether (sulfide) groups is 1. The zero-order valence-corrected chi connectivity index (χ0v) is 20.8. The van der Waals surface area contributed by atoms with Gasteiger partial charge in [-0.1, -0.05) is 59.0 Å². The number of anilines is 1. The van der Waals surface area contributed by atoms with Crippen molar-refractivity contribution in [1.29, 1.82) is 0 Å². The summed E-state index contributed by atoms with van der Waals surface area (Å²) in [5.41, 5.74) is 2.61. The highest BCUT2D eigenvalue weighted by molar-refractivity contribution is 7.99. The van der Waals surface area contributed by atoms with Gasteiger partial charge >= 0.3 is 5.97 Å². The molecule has 4 rings (SSSR count). The highest BCUT2D eigenvalue weighted by atomic mass is 32.2. The minimum atomic E-state index is -0.545. The monoisotopic (exact) mass is 512 g/mol. The third-order valence-electron chi connectivity index (χ3n) is 4.54. The molecule has 2 aromatic heterocycles. The molecule has 0 fully saturated rings. The van der Waals surface area contributed by atoms with Gasteiger partial charge in [0.1, 0.15) is 5.82 Å². The van der Waals surface area contributed by atoms with E-state index in [9.17, 15) is 9.59 Å². The smallest absolute Gasteiger partial charge is 0.352 e. The number of para-hydroxylation sites is 1. The van der Waals surface area contributed by atoms with Gasteiger partial charge in [0, 0.05) is 11.3 Å². The van der Waals surface area contributed by atoms with Gasteiger partial charge in [-0.2, -0.15) is 0 Å². The van der Waals surface area contributed by atoms with Gasteiger partial charge in [-0.05, 0) is 50.3 Å². The van der Waals surface area contributed by atoms with E-state index in [-0.39, 0.29) is 34.2 Å². The molecule has 174 valence electrons. The number of amides is 1. The molecule has 0 unspecified atom stereocenters. The SMILES string of the molecule is CCOC(=O)c1sc(=S)n(-c2ccccc2)c1NC(=O)CSc1nnc(-c2cccc(C)c2)o1. The first-order valence-corrected chi connectivity index (χ1v) is 12.5. The lowest BCUT2D eigenvalue weighted by Crippen LogP contribution is -2.19. The van der Waals surface area contributed by atoms with Crippen molar-refractivity contribution >= 4 is 53.0 Å². The Bertz CT molecular complexity index is 1380. The average Bonchev–Trinajstić information content (AvgIpc) is 3.43. The summed E-state index contributed by atoms with van der Waals surface area (Å²) in [5.74, 6) is -0.253. The lowest BCUT2D eigenvalue weighted by Gasteiger charge is -2.11. The molecule has 2 aromatic carbocycles. The summed E-state index contributed by atoms with van der Waals surface area (Å²) in [5, 5.41) is 11.1. The molecule has 0 spiro atoms. The number of esters is 1. The maximum atomic E-state index is 12.8. The van der Waals surface area contributed by atoms with Crippen LogP contribution in [0.3, 0.4) is 0 Å². The van der Waals surface area contributed by atoms with E-state index < -0.39 is 5.97 Å². The molecule has 8 nitrogen and oxygen atoms in total. The van der Waals surface area contributed by atoms with Crippen molar-refractivity contribution in [2.45, 2.75) is 19.1 Å². The van der Waals surface area contributed by atoms with Crippen LogP contribution < -0.4 is 5.32 Å². The number of hydrogen-bond acceptors (Lipinski definition) is 9. The minimum Gasteiger partial charge on any atom is -0.462 e. The van der Waals surface area contributed by atoms with Crippen LogP contribution in [0.5, 0.6) is 0 Å². The molecule has 1 N–H and O–H groups in total. The molecule has 0 radical (unpaired) electrons. The summed E-state index contributed by atoms with van der Waals surface area (Å²) in [4.78, 5) is 25.6. The van der Waals surface area contributed by atoms with Crippen LogP contribution in [-0.4, -0.2) is 39.0 Å². The van der Waals surface area contributed by atoms with E-state index in [1.54, 1.807) is 11.5 Å². The summed E-state index contributed by atoms with van der Waals surface area (Å²) in [6.45, 7) is 3.90. The van der Waals surface area contributed by atoms with Crippen LogP contribution in [0.4, 0.5) is 5.82 Å². The van der Waals surface area contributed by atoms with Crippen LogP contribution in [-0.2, 0) is 9.53 Å². The van der Waals surface area contributed by atoms with Gasteiger partial charge in [0.2, 0.25) is 11.8 Å². The van der Waals surface area contributed by atoms with Gasteiger partial charge in [0.25, 0.3) is 5.22 Å². The molecule has 0 aliphatic rings. The van der Waals surface area contributed by atoms with Crippen molar-refractivity contribution in [3.63, 3.8) is 0 Å². The molecule has 1 amide bonds. The molecular formula is C23H20N4O4S3.